The van der Waals surface area contributed by atoms with E-state index in [4.69, 9.17) is 4.98 Å². The Kier molecular flexibility index (Phi) is 5.88. The molecule has 1 N–H and O–H groups in total. The van der Waals surface area contributed by atoms with E-state index >= 15 is 0 Å². The molecular formula is C26H28N6O2. The summed E-state index contributed by atoms with van der Waals surface area (Å²) in [6, 6.07) is 16.7. The molecule has 0 spiro atoms. The molecule has 1 aliphatic heterocycles. The lowest BCUT2D eigenvalue weighted by Crippen LogP contribution is -2.59. The van der Waals surface area contributed by atoms with Gasteiger partial charge in [0, 0.05) is 30.4 Å². The second-order valence-electron chi connectivity index (χ2n) is 8.64. The van der Waals surface area contributed by atoms with E-state index in [2.05, 4.69) is 15.3 Å². The Labute approximate surface area is 199 Å². The van der Waals surface area contributed by atoms with Gasteiger partial charge in [0.15, 0.2) is 11.6 Å². The number of ketones is 1. The van der Waals surface area contributed by atoms with Gasteiger partial charge in [0.05, 0.1) is 12.2 Å². The Bertz CT molecular complexity index is 1190. The van der Waals surface area contributed by atoms with Gasteiger partial charge in [-0.2, -0.15) is 4.98 Å². The Morgan fingerprint density at radius 2 is 1.71 bits per heavy atom. The zero-order chi connectivity index (χ0) is 23.7. The van der Waals surface area contributed by atoms with E-state index in [1.165, 1.54) is 0 Å². The summed E-state index contributed by atoms with van der Waals surface area (Å²) in [6.45, 7) is 2.56. The van der Waals surface area contributed by atoms with Crippen molar-refractivity contribution in [1.29, 1.82) is 0 Å². The van der Waals surface area contributed by atoms with Gasteiger partial charge in [0.25, 0.3) is 0 Å². The molecule has 5 rings (SSSR count). The number of amides is 2. The van der Waals surface area contributed by atoms with Crippen LogP contribution in [-0.2, 0) is 0 Å². The number of anilines is 4. The number of carbonyl (C=O) groups excluding carboxylic acids is 2. The second-order valence-corrected chi connectivity index (χ2v) is 8.64. The Balaban J connectivity index is 1.41. The maximum Gasteiger partial charge on any atom is 0.343 e. The highest BCUT2D eigenvalue weighted by atomic mass is 16.2. The van der Waals surface area contributed by atoms with Crippen molar-refractivity contribution in [1.82, 2.24) is 15.0 Å². The number of carbonyl (C=O) groups is 2. The van der Waals surface area contributed by atoms with Crippen molar-refractivity contribution in [3.63, 3.8) is 0 Å². The largest absolute Gasteiger partial charge is 0.343 e. The van der Waals surface area contributed by atoms with Crippen LogP contribution in [0.5, 0.6) is 0 Å². The summed E-state index contributed by atoms with van der Waals surface area (Å²) in [5.74, 6) is 1.17. The van der Waals surface area contributed by atoms with Gasteiger partial charge >= 0.3 is 6.03 Å². The average Bonchev–Trinajstić information content (AvgIpc) is 3.41. The monoisotopic (exact) mass is 456 g/mol. The standard InChI is InChI=1S/C26H28N6O2/c1-3-31-26(34)30(2)22-17-27-25(29-24(22)32(31)21-11-7-8-12-21)28-20-15-13-19(14-16-20)23(33)18-9-5-4-6-10-18/h4-6,9-10,13-17,21H,3,7-8,11-12H2,1-2H3,(H,27,28,29). The summed E-state index contributed by atoms with van der Waals surface area (Å²) in [7, 11) is 1.76. The lowest BCUT2D eigenvalue weighted by Gasteiger charge is -2.45. The van der Waals surface area contributed by atoms with Gasteiger partial charge in [-0.05, 0) is 44.0 Å². The first-order valence-corrected chi connectivity index (χ1v) is 11.7. The molecule has 0 atom stereocenters. The number of urea groups is 1. The van der Waals surface area contributed by atoms with Gasteiger partial charge in [-0.1, -0.05) is 43.2 Å². The number of hydrogen-bond donors (Lipinski definition) is 1. The van der Waals surface area contributed by atoms with Gasteiger partial charge in [-0.15, -0.1) is 0 Å². The first-order valence-electron chi connectivity index (χ1n) is 11.7. The van der Waals surface area contributed by atoms with Crippen LogP contribution >= 0.6 is 0 Å². The van der Waals surface area contributed by atoms with E-state index in [0.717, 1.165) is 37.2 Å². The van der Waals surface area contributed by atoms with Crippen LogP contribution in [0.1, 0.15) is 48.5 Å². The van der Waals surface area contributed by atoms with Crippen molar-refractivity contribution in [2.45, 2.75) is 38.6 Å². The third-order valence-electron chi connectivity index (χ3n) is 6.51. The molecule has 0 bridgehead atoms. The summed E-state index contributed by atoms with van der Waals surface area (Å²) >= 11 is 0. The van der Waals surface area contributed by atoms with Crippen molar-refractivity contribution in [2.24, 2.45) is 0 Å². The minimum atomic E-state index is -0.0649. The second kappa shape index (κ2) is 9.13. The van der Waals surface area contributed by atoms with Crippen LogP contribution < -0.4 is 15.2 Å². The van der Waals surface area contributed by atoms with Crippen molar-refractivity contribution in [2.75, 3.05) is 28.8 Å². The molecule has 0 saturated heterocycles. The summed E-state index contributed by atoms with van der Waals surface area (Å²) in [5, 5.41) is 7.09. The first kappa shape index (κ1) is 21.9. The van der Waals surface area contributed by atoms with E-state index in [0.29, 0.717) is 29.3 Å². The third-order valence-corrected chi connectivity index (χ3v) is 6.51. The van der Waals surface area contributed by atoms with Crippen LogP contribution in [0.15, 0.2) is 60.8 Å². The molecule has 1 aromatic heterocycles. The summed E-state index contributed by atoms with van der Waals surface area (Å²) in [5.41, 5.74) is 2.77. The predicted octanol–water partition coefficient (Wildman–Crippen LogP) is 5.01. The minimum Gasteiger partial charge on any atom is -0.324 e. The molecule has 8 heteroatoms. The molecule has 1 saturated carbocycles. The molecular weight excluding hydrogens is 428 g/mol. The number of nitrogens with one attached hydrogen (secondary N) is 1. The van der Waals surface area contributed by atoms with E-state index in [9.17, 15) is 9.59 Å². The maximum absolute atomic E-state index is 13.0. The van der Waals surface area contributed by atoms with E-state index in [-0.39, 0.29) is 17.9 Å². The molecule has 1 fully saturated rings. The highest BCUT2D eigenvalue weighted by Crippen LogP contribution is 2.38. The normalized spacial score (nSPS) is 16.1. The molecule has 2 aromatic carbocycles. The number of aromatic nitrogens is 2. The number of hydrazine groups is 1. The quantitative estimate of drug-likeness (QED) is 0.525. The molecule has 3 aromatic rings. The average molecular weight is 457 g/mol. The first-order chi connectivity index (χ1) is 16.6. The minimum absolute atomic E-state index is 0.0169. The fourth-order valence-corrected chi connectivity index (χ4v) is 4.71. The van der Waals surface area contributed by atoms with Crippen LogP contribution in [0.25, 0.3) is 0 Å². The molecule has 2 amide bonds. The Morgan fingerprint density at radius 1 is 1.03 bits per heavy atom. The third kappa shape index (κ3) is 3.96. The van der Waals surface area contributed by atoms with Gasteiger partial charge in [0.1, 0.15) is 5.69 Å². The number of benzene rings is 2. The number of hydrogen-bond acceptors (Lipinski definition) is 6. The zero-order valence-corrected chi connectivity index (χ0v) is 19.4. The summed E-state index contributed by atoms with van der Waals surface area (Å²) in [4.78, 5) is 36.5. The summed E-state index contributed by atoms with van der Waals surface area (Å²) < 4.78 is 0. The fourth-order valence-electron chi connectivity index (χ4n) is 4.71. The SMILES string of the molecule is CCN1C(=O)N(C)c2cnc(Nc3ccc(C(=O)c4ccccc4)cc3)nc2N1C1CCCC1. The molecule has 174 valence electrons. The Morgan fingerprint density at radius 3 is 2.38 bits per heavy atom. The van der Waals surface area contributed by atoms with Crippen molar-refractivity contribution in [3.8, 4) is 0 Å². The van der Waals surface area contributed by atoms with Crippen LogP contribution in [-0.4, -0.2) is 46.4 Å². The smallest absolute Gasteiger partial charge is 0.324 e. The van der Waals surface area contributed by atoms with Gasteiger partial charge in [-0.3, -0.25) is 14.7 Å². The van der Waals surface area contributed by atoms with E-state index in [1.54, 1.807) is 35.3 Å². The topological polar surface area (TPSA) is 81.7 Å². The zero-order valence-electron chi connectivity index (χ0n) is 19.4. The molecule has 0 unspecified atom stereocenters. The number of fused-ring (bicyclic) bond motifs is 1. The molecule has 0 radical (unpaired) electrons. The number of rotatable bonds is 6. The van der Waals surface area contributed by atoms with Crippen LogP contribution in [0.4, 0.5) is 27.9 Å². The van der Waals surface area contributed by atoms with Crippen molar-refractivity contribution >= 4 is 35.0 Å². The van der Waals surface area contributed by atoms with E-state index < -0.39 is 0 Å². The molecule has 2 heterocycles. The summed E-state index contributed by atoms with van der Waals surface area (Å²) in [6.07, 6.45) is 6.09. The lowest BCUT2D eigenvalue weighted by atomic mass is 10.0. The highest BCUT2D eigenvalue weighted by molar-refractivity contribution is 6.09. The van der Waals surface area contributed by atoms with Crippen molar-refractivity contribution in [3.05, 3.63) is 71.9 Å². The fraction of sp³-hybridized carbons (Fsp3) is 0.308. The molecule has 8 nitrogen and oxygen atoms in total. The van der Waals surface area contributed by atoms with E-state index in [1.807, 2.05) is 49.4 Å². The van der Waals surface area contributed by atoms with Crippen LogP contribution in [0, 0.1) is 0 Å². The maximum atomic E-state index is 13.0. The van der Waals surface area contributed by atoms with Gasteiger partial charge in [-0.25, -0.2) is 14.8 Å². The van der Waals surface area contributed by atoms with Crippen LogP contribution in [0.2, 0.25) is 0 Å². The number of nitrogens with zero attached hydrogens (tertiary/aromatic N) is 5. The van der Waals surface area contributed by atoms with Gasteiger partial charge in [0.2, 0.25) is 5.95 Å². The highest BCUT2D eigenvalue weighted by Gasteiger charge is 2.39. The van der Waals surface area contributed by atoms with Crippen molar-refractivity contribution < 1.29 is 9.59 Å². The molecule has 2 aliphatic rings. The van der Waals surface area contributed by atoms with Crippen LogP contribution in [0.3, 0.4) is 0 Å². The molecule has 34 heavy (non-hydrogen) atoms. The predicted molar refractivity (Wildman–Crippen MR) is 133 cm³/mol. The Hall–Kier alpha value is -3.94. The van der Waals surface area contributed by atoms with Gasteiger partial charge < -0.3 is 5.32 Å². The molecule has 1 aliphatic carbocycles. The lowest BCUT2D eigenvalue weighted by molar-refractivity contribution is 0.103.